The highest BCUT2D eigenvalue weighted by Crippen LogP contribution is 2.26. The van der Waals surface area contributed by atoms with Crippen molar-refractivity contribution < 1.29 is 13.2 Å². The van der Waals surface area contributed by atoms with Gasteiger partial charge in [0.25, 0.3) is 0 Å². The Labute approximate surface area is 125 Å². The maximum absolute atomic E-state index is 12.3. The molecule has 0 saturated heterocycles. The van der Waals surface area contributed by atoms with E-state index in [0.29, 0.717) is 12.2 Å². The van der Waals surface area contributed by atoms with Gasteiger partial charge in [-0.1, -0.05) is 24.9 Å². The number of nitrogens with zero attached hydrogens (tertiary/aromatic N) is 1. The molecule has 0 saturated carbocycles. The van der Waals surface area contributed by atoms with Crippen LogP contribution in [0.3, 0.4) is 0 Å². The second kappa shape index (κ2) is 7.06. The van der Waals surface area contributed by atoms with Gasteiger partial charge in [-0.05, 0) is 24.6 Å². The summed E-state index contributed by atoms with van der Waals surface area (Å²) in [4.78, 5) is 11.1. The predicted molar refractivity (Wildman–Crippen MR) is 80.5 cm³/mol. The van der Waals surface area contributed by atoms with Gasteiger partial charge in [0.05, 0.1) is 15.6 Å². The lowest BCUT2D eigenvalue weighted by Gasteiger charge is -2.17. The van der Waals surface area contributed by atoms with E-state index in [4.69, 9.17) is 11.6 Å². The number of hydrogen-bond donors (Lipinski definition) is 1. The van der Waals surface area contributed by atoms with Gasteiger partial charge in [0.1, 0.15) is 0 Å². The molecule has 0 spiro atoms. The molecule has 5 nitrogen and oxygen atoms in total. The molecule has 20 heavy (non-hydrogen) atoms. The molecule has 0 aliphatic heterocycles. The zero-order valence-corrected chi connectivity index (χ0v) is 13.4. The van der Waals surface area contributed by atoms with Crippen LogP contribution in [0.2, 0.25) is 5.02 Å². The lowest BCUT2D eigenvalue weighted by atomic mass is 10.3. The summed E-state index contributed by atoms with van der Waals surface area (Å²) in [6.07, 6.45) is 1.72. The number of anilines is 1. The van der Waals surface area contributed by atoms with Crippen molar-refractivity contribution in [3.8, 4) is 0 Å². The van der Waals surface area contributed by atoms with E-state index < -0.39 is 10.0 Å². The standard InChI is InChI=1S/C13H19ClN2O3S/c1-4-5-8-16(3)20(18,19)11-6-7-13(12(14)9-11)15-10(2)17/h6-7,9H,4-5,8H2,1-3H3,(H,15,17). The number of carbonyl (C=O) groups excluding carboxylic acids is 1. The van der Waals surface area contributed by atoms with Crippen LogP contribution in [0, 0.1) is 0 Å². The molecular formula is C13H19ClN2O3S. The molecule has 1 rings (SSSR count). The Hall–Kier alpha value is -1.11. The molecule has 0 unspecified atom stereocenters. The van der Waals surface area contributed by atoms with E-state index in [1.807, 2.05) is 6.92 Å². The van der Waals surface area contributed by atoms with Crippen LogP contribution in [0.1, 0.15) is 26.7 Å². The Morgan fingerprint density at radius 2 is 2.05 bits per heavy atom. The Balaban J connectivity index is 3.02. The molecule has 1 aromatic rings. The van der Waals surface area contributed by atoms with Crippen LogP contribution in [0.15, 0.2) is 23.1 Å². The number of hydrogen-bond acceptors (Lipinski definition) is 3. The Bertz CT molecular complexity index is 587. The second-order valence-electron chi connectivity index (χ2n) is 4.50. The third kappa shape index (κ3) is 4.19. The molecule has 0 radical (unpaired) electrons. The number of halogens is 1. The third-order valence-corrected chi connectivity index (χ3v) is 4.95. The fraction of sp³-hybridized carbons (Fsp3) is 0.462. The molecule has 0 aliphatic rings. The number of benzene rings is 1. The van der Waals surface area contributed by atoms with E-state index in [0.717, 1.165) is 12.8 Å². The summed E-state index contributed by atoms with van der Waals surface area (Å²) in [5, 5.41) is 2.74. The molecule has 0 aliphatic carbocycles. The van der Waals surface area contributed by atoms with Crippen LogP contribution in [0.5, 0.6) is 0 Å². The Kier molecular flexibility index (Phi) is 5.98. The van der Waals surface area contributed by atoms with Crippen LogP contribution in [-0.4, -0.2) is 32.2 Å². The van der Waals surface area contributed by atoms with Gasteiger partial charge in [-0.15, -0.1) is 0 Å². The molecular weight excluding hydrogens is 300 g/mol. The van der Waals surface area contributed by atoms with E-state index in [1.54, 1.807) is 7.05 Å². The van der Waals surface area contributed by atoms with Crippen molar-refractivity contribution in [2.75, 3.05) is 18.9 Å². The monoisotopic (exact) mass is 318 g/mol. The summed E-state index contributed by atoms with van der Waals surface area (Å²) in [6.45, 7) is 3.82. The van der Waals surface area contributed by atoms with E-state index in [-0.39, 0.29) is 15.8 Å². The van der Waals surface area contributed by atoms with Crippen molar-refractivity contribution in [1.29, 1.82) is 0 Å². The molecule has 1 aromatic carbocycles. The number of carbonyl (C=O) groups is 1. The first-order valence-corrected chi connectivity index (χ1v) is 8.14. The van der Waals surface area contributed by atoms with Crippen LogP contribution in [0.25, 0.3) is 0 Å². The quantitative estimate of drug-likeness (QED) is 0.877. The van der Waals surface area contributed by atoms with Crippen molar-refractivity contribution in [2.45, 2.75) is 31.6 Å². The van der Waals surface area contributed by atoms with Crippen molar-refractivity contribution in [3.63, 3.8) is 0 Å². The second-order valence-corrected chi connectivity index (χ2v) is 6.96. The Morgan fingerprint density at radius 3 is 2.55 bits per heavy atom. The smallest absolute Gasteiger partial charge is 0.242 e. The molecule has 0 heterocycles. The zero-order valence-electron chi connectivity index (χ0n) is 11.8. The van der Waals surface area contributed by atoms with Gasteiger partial charge < -0.3 is 5.32 Å². The third-order valence-electron chi connectivity index (χ3n) is 2.79. The molecule has 0 atom stereocenters. The van der Waals surface area contributed by atoms with E-state index in [9.17, 15) is 13.2 Å². The highest BCUT2D eigenvalue weighted by Gasteiger charge is 2.21. The predicted octanol–water partition coefficient (Wildman–Crippen LogP) is 2.72. The van der Waals surface area contributed by atoms with Crippen LogP contribution in [0.4, 0.5) is 5.69 Å². The maximum Gasteiger partial charge on any atom is 0.242 e. The summed E-state index contributed by atoms with van der Waals surface area (Å²) in [5.41, 5.74) is 0.398. The van der Waals surface area contributed by atoms with Crippen molar-refractivity contribution in [3.05, 3.63) is 23.2 Å². The molecule has 1 N–H and O–H groups in total. The largest absolute Gasteiger partial charge is 0.325 e. The summed E-state index contributed by atoms with van der Waals surface area (Å²) in [6, 6.07) is 4.28. The number of nitrogens with one attached hydrogen (secondary N) is 1. The van der Waals surface area contributed by atoms with E-state index >= 15 is 0 Å². The first kappa shape index (κ1) is 16.9. The highest BCUT2D eigenvalue weighted by molar-refractivity contribution is 7.89. The average molecular weight is 319 g/mol. The fourth-order valence-corrected chi connectivity index (χ4v) is 3.16. The normalized spacial score (nSPS) is 11.7. The zero-order chi connectivity index (χ0) is 15.3. The number of sulfonamides is 1. The van der Waals surface area contributed by atoms with Gasteiger partial charge in [-0.2, -0.15) is 0 Å². The Morgan fingerprint density at radius 1 is 1.40 bits per heavy atom. The minimum absolute atomic E-state index is 0.121. The molecule has 7 heteroatoms. The summed E-state index contributed by atoms with van der Waals surface area (Å²) in [7, 11) is -2.00. The molecule has 112 valence electrons. The number of rotatable bonds is 6. The summed E-state index contributed by atoms with van der Waals surface area (Å²) in [5.74, 6) is -0.262. The van der Waals surface area contributed by atoms with Gasteiger partial charge in [0.15, 0.2) is 0 Å². The number of amides is 1. The van der Waals surface area contributed by atoms with Gasteiger partial charge in [0, 0.05) is 20.5 Å². The van der Waals surface area contributed by atoms with E-state index in [2.05, 4.69) is 5.32 Å². The van der Waals surface area contributed by atoms with Gasteiger partial charge in [-0.25, -0.2) is 12.7 Å². The van der Waals surface area contributed by atoms with Gasteiger partial charge >= 0.3 is 0 Å². The SMILES string of the molecule is CCCCN(C)S(=O)(=O)c1ccc(NC(C)=O)c(Cl)c1. The first-order valence-electron chi connectivity index (χ1n) is 6.32. The lowest BCUT2D eigenvalue weighted by Crippen LogP contribution is -2.28. The highest BCUT2D eigenvalue weighted by atomic mass is 35.5. The van der Waals surface area contributed by atoms with Crippen LogP contribution < -0.4 is 5.32 Å². The molecule has 0 bridgehead atoms. The van der Waals surface area contributed by atoms with Crippen molar-refractivity contribution in [1.82, 2.24) is 4.31 Å². The van der Waals surface area contributed by atoms with Crippen LogP contribution in [-0.2, 0) is 14.8 Å². The minimum atomic E-state index is -3.54. The van der Waals surface area contributed by atoms with Gasteiger partial charge in [0.2, 0.25) is 15.9 Å². The molecule has 0 aromatic heterocycles. The summed E-state index contributed by atoms with van der Waals surface area (Å²) < 4.78 is 25.9. The summed E-state index contributed by atoms with van der Waals surface area (Å²) >= 11 is 5.99. The van der Waals surface area contributed by atoms with E-state index in [1.165, 1.54) is 29.4 Å². The lowest BCUT2D eigenvalue weighted by molar-refractivity contribution is -0.114. The molecule has 0 fully saturated rings. The minimum Gasteiger partial charge on any atom is -0.325 e. The average Bonchev–Trinajstić information content (AvgIpc) is 2.37. The van der Waals surface area contributed by atoms with Crippen molar-refractivity contribution >= 4 is 33.2 Å². The topological polar surface area (TPSA) is 66.5 Å². The fourth-order valence-electron chi connectivity index (χ4n) is 1.63. The first-order chi connectivity index (χ1) is 9.28. The van der Waals surface area contributed by atoms with Crippen molar-refractivity contribution in [2.24, 2.45) is 0 Å². The maximum atomic E-state index is 12.3. The molecule has 1 amide bonds. The number of unbranched alkanes of at least 4 members (excludes halogenated alkanes) is 1. The van der Waals surface area contributed by atoms with Gasteiger partial charge in [-0.3, -0.25) is 4.79 Å². The van der Waals surface area contributed by atoms with Crippen LogP contribution >= 0.6 is 11.6 Å².